The van der Waals surface area contributed by atoms with Gasteiger partial charge < -0.3 is 10.5 Å². The van der Waals surface area contributed by atoms with Crippen molar-refractivity contribution in [1.82, 2.24) is 4.98 Å². The molecule has 0 radical (unpaired) electrons. The van der Waals surface area contributed by atoms with Crippen LogP contribution in [-0.2, 0) is 0 Å². The fourth-order valence-electron chi connectivity index (χ4n) is 1.93. The van der Waals surface area contributed by atoms with Crippen LogP contribution in [0.5, 0.6) is 11.5 Å². The number of ether oxygens (including phenoxy) is 1. The van der Waals surface area contributed by atoms with Crippen molar-refractivity contribution in [3.8, 4) is 22.6 Å². The van der Waals surface area contributed by atoms with Gasteiger partial charge in [0.1, 0.15) is 17.3 Å². The van der Waals surface area contributed by atoms with Crippen LogP contribution >= 0.6 is 11.6 Å². The molecule has 0 aliphatic carbocycles. The highest BCUT2D eigenvalue weighted by Crippen LogP contribution is 2.26. The zero-order valence-electron chi connectivity index (χ0n) is 11.2. The molecule has 3 aromatic rings. The van der Waals surface area contributed by atoms with E-state index in [0.717, 1.165) is 22.6 Å². The van der Waals surface area contributed by atoms with Gasteiger partial charge in [-0.2, -0.15) is 0 Å². The third-order valence-corrected chi connectivity index (χ3v) is 3.28. The Labute approximate surface area is 128 Å². The van der Waals surface area contributed by atoms with Gasteiger partial charge in [-0.1, -0.05) is 23.7 Å². The van der Waals surface area contributed by atoms with Crippen molar-refractivity contribution < 1.29 is 4.74 Å². The molecule has 0 atom stereocenters. The minimum Gasteiger partial charge on any atom is -0.457 e. The first-order valence-electron chi connectivity index (χ1n) is 6.46. The largest absolute Gasteiger partial charge is 0.457 e. The summed E-state index contributed by atoms with van der Waals surface area (Å²) < 4.78 is 5.75. The van der Waals surface area contributed by atoms with Crippen LogP contribution in [0.15, 0.2) is 66.9 Å². The van der Waals surface area contributed by atoms with Gasteiger partial charge in [0.2, 0.25) is 0 Å². The monoisotopic (exact) mass is 296 g/mol. The molecular formula is C17H13ClN2O. The number of nitrogens with zero attached hydrogens (tertiary/aromatic N) is 1. The lowest BCUT2D eigenvalue weighted by molar-refractivity contribution is 0.483. The SMILES string of the molecule is Nc1ccc(-c2ccc(Oc3ccc(Cl)cc3)cc2)cn1. The highest BCUT2D eigenvalue weighted by molar-refractivity contribution is 6.30. The molecule has 0 unspecified atom stereocenters. The van der Waals surface area contributed by atoms with Crippen LogP contribution in [0.3, 0.4) is 0 Å². The summed E-state index contributed by atoms with van der Waals surface area (Å²) >= 11 is 5.84. The normalized spacial score (nSPS) is 10.3. The minimum absolute atomic E-state index is 0.515. The van der Waals surface area contributed by atoms with Gasteiger partial charge in [-0.05, 0) is 54.1 Å². The van der Waals surface area contributed by atoms with Crippen LogP contribution < -0.4 is 10.5 Å². The fraction of sp³-hybridized carbons (Fsp3) is 0. The second kappa shape index (κ2) is 5.85. The smallest absolute Gasteiger partial charge is 0.127 e. The van der Waals surface area contributed by atoms with E-state index in [-0.39, 0.29) is 0 Å². The zero-order chi connectivity index (χ0) is 14.7. The Bertz CT molecular complexity index is 722. The van der Waals surface area contributed by atoms with Crippen molar-refractivity contribution in [2.45, 2.75) is 0 Å². The van der Waals surface area contributed by atoms with E-state index in [4.69, 9.17) is 22.1 Å². The Balaban J connectivity index is 1.77. The van der Waals surface area contributed by atoms with Crippen LogP contribution in [0.2, 0.25) is 5.02 Å². The van der Waals surface area contributed by atoms with Crippen molar-refractivity contribution in [2.75, 3.05) is 5.73 Å². The number of rotatable bonds is 3. The van der Waals surface area contributed by atoms with E-state index in [1.165, 1.54) is 0 Å². The molecule has 0 amide bonds. The second-order valence-corrected chi connectivity index (χ2v) is 4.99. The molecule has 0 bridgehead atoms. The van der Waals surface area contributed by atoms with E-state index < -0.39 is 0 Å². The molecule has 4 heteroatoms. The fourth-order valence-corrected chi connectivity index (χ4v) is 2.06. The van der Waals surface area contributed by atoms with Crippen LogP contribution in [0.1, 0.15) is 0 Å². The number of hydrogen-bond acceptors (Lipinski definition) is 3. The van der Waals surface area contributed by atoms with E-state index in [1.54, 1.807) is 24.4 Å². The molecule has 0 spiro atoms. The number of nitrogens with two attached hydrogens (primary N) is 1. The summed E-state index contributed by atoms with van der Waals surface area (Å²) in [7, 11) is 0. The van der Waals surface area contributed by atoms with Crippen molar-refractivity contribution in [3.05, 3.63) is 71.9 Å². The molecule has 0 fully saturated rings. The van der Waals surface area contributed by atoms with Gasteiger partial charge in [-0.3, -0.25) is 0 Å². The van der Waals surface area contributed by atoms with Gasteiger partial charge in [0.05, 0.1) is 0 Å². The lowest BCUT2D eigenvalue weighted by atomic mass is 10.1. The Morgan fingerprint density at radius 2 is 1.33 bits per heavy atom. The Kier molecular flexibility index (Phi) is 3.75. The van der Waals surface area contributed by atoms with E-state index in [1.807, 2.05) is 42.5 Å². The summed E-state index contributed by atoms with van der Waals surface area (Å²) in [6, 6.07) is 18.8. The topological polar surface area (TPSA) is 48.1 Å². The molecule has 3 rings (SSSR count). The summed E-state index contributed by atoms with van der Waals surface area (Å²) in [6.45, 7) is 0. The molecule has 3 nitrogen and oxygen atoms in total. The zero-order valence-corrected chi connectivity index (χ0v) is 11.9. The first kappa shape index (κ1) is 13.5. The number of aromatic nitrogens is 1. The van der Waals surface area contributed by atoms with Crippen molar-refractivity contribution in [1.29, 1.82) is 0 Å². The van der Waals surface area contributed by atoms with Gasteiger partial charge in [0, 0.05) is 16.8 Å². The third-order valence-electron chi connectivity index (χ3n) is 3.02. The lowest BCUT2D eigenvalue weighted by Crippen LogP contribution is -1.89. The molecule has 0 aliphatic rings. The van der Waals surface area contributed by atoms with Crippen LogP contribution in [-0.4, -0.2) is 4.98 Å². The highest BCUT2D eigenvalue weighted by Gasteiger charge is 2.01. The van der Waals surface area contributed by atoms with Crippen LogP contribution in [0.4, 0.5) is 5.82 Å². The lowest BCUT2D eigenvalue weighted by Gasteiger charge is -2.07. The molecule has 1 heterocycles. The van der Waals surface area contributed by atoms with Crippen LogP contribution in [0.25, 0.3) is 11.1 Å². The van der Waals surface area contributed by atoms with Gasteiger partial charge in [0.15, 0.2) is 0 Å². The third kappa shape index (κ3) is 3.33. The first-order valence-corrected chi connectivity index (χ1v) is 6.84. The van der Waals surface area contributed by atoms with Gasteiger partial charge in [-0.25, -0.2) is 4.98 Å². The van der Waals surface area contributed by atoms with Crippen molar-refractivity contribution in [3.63, 3.8) is 0 Å². The summed E-state index contributed by atoms with van der Waals surface area (Å²) in [5, 5.41) is 0.688. The summed E-state index contributed by atoms with van der Waals surface area (Å²) in [5.41, 5.74) is 7.66. The Morgan fingerprint density at radius 3 is 1.90 bits per heavy atom. The maximum Gasteiger partial charge on any atom is 0.127 e. The first-order chi connectivity index (χ1) is 10.2. The number of anilines is 1. The molecular weight excluding hydrogens is 284 g/mol. The predicted molar refractivity (Wildman–Crippen MR) is 85.6 cm³/mol. The van der Waals surface area contributed by atoms with Crippen molar-refractivity contribution in [2.24, 2.45) is 0 Å². The van der Waals surface area contributed by atoms with Gasteiger partial charge >= 0.3 is 0 Å². The maximum absolute atomic E-state index is 5.84. The van der Waals surface area contributed by atoms with Gasteiger partial charge in [0.25, 0.3) is 0 Å². The standard InChI is InChI=1S/C17H13ClN2O/c18-14-4-8-16(9-5-14)21-15-6-1-12(2-7-15)13-3-10-17(19)20-11-13/h1-11H,(H2,19,20). The summed E-state index contributed by atoms with van der Waals surface area (Å²) in [6.07, 6.45) is 1.75. The minimum atomic E-state index is 0.515. The maximum atomic E-state index is 5.84. The average molecular weight is 297 g/mol. The van der Waals surface area contributed by atoms with E-state index in [2.05, 4.69) is 4.98 Å². The molecule has 2 aromatic carbocycles. The molecule has 0 saturated heterocycles. The molecule has 0 saturated carbocycles. The number of benzene rings is 2. The molecule has 21 heavy (non-hydrogen) atoms. The van der Waals surface area contributed by atoms with E-state index >= 15 is 0 Å². The summed E-state index contributed by atoms with van der Waals surface area (Å²) in [4.78, 5) is 4.09. The Hall–Kier alpha value is -2.52. The van der Waals surface area contributed by atoms with Crippen LogP contribution in [0, 0.1) is 0 Å². The van der Waals surface area contributed by atoms with Crippen molar-refractivity contribution >= 4 is 17.4 Å². The average Bonchev–Trinajstić information content (AvgIpc) is 2.51. The summed E-state index contributed by atoms with van der Waals surface area (Å²) in [5.74, 6) is 2.03. The quantitative estimate of drug-likeness (QED) is 0.757. The van der Waals surface area contributed by atoms with E-state index in [9.17, 15) is 0 Å². The molecule has 0 aliphatic heterocycles. The molecule has 104 valence electrons. The van der Waals surface area contributed by atoms with Gasteiger partial charge in [-0.15, -0.1) is 0 Å². The Morgan fingerprint density at radius 1 is 0.762 bits per heavy atom. The highest BCUT2D eigenvalue weighted by atomic mass is 35.5. The molecule has 2 N–H and O–H groups in total. The molecule has 1 aromatic heterocycles. The predicted octanol–water partition coefficient (Wildman–Crippen LogP) is 4.78. The number of halogens is 1. The second-order valence-electron chi connectivity index (χ2n) is 4.55. The van der Waals surface area contributed by atoms with E-state index in [0.29, 0.717) is 10.8 Å². The number of hydrogen-bond donors (Lipinski definition) is 1. The number of pyridine rings is 1. The number of nitrogen functional groups attached to an aromatic ring is 1.